The Morgan fingerprint density at radius 3 is 3.20 bits per heavy atom. The number of hydrogen-bond acceptors (Lipinski definition) is 4. The zero-order valence-electron chi connectivity index (χ0n) is 10.6. The molecule has 1 saturated heterocycles. The number of hydrogen-bond donors (Lipinski definition) is 1. The second kappa shape index (κ2) is 5.13. The average molecular weight is 334 g/mol. The molecule has 3 heterocycles. The fourth-order valence-corrected chi connectivity index (χ4v) is 2.63. The monoisotopic (exact) mass is 333 g/mol. The normalized spacial score (nSPS) is 18.2. The van der Waals surface area contributed by atoms with Crippen molar-refractivity contribution in [2.75, 3.05) is 18.4 Å². The van der Waals surface area contributed by atoms with Gasteiger partial charge in [0.2, 0.25) is 5.91 Å². The highest BCUT2D eigenvalue weighted by Gasteiger charge is 2.28. The van der Waals surface area contributed by atoms with Crippen molar-refractivity contribution in [3.05, 3.63) is 29.0 Å². The molecule has 0 aromatic carbocycles. The molecule has 20 heavy (non-hydrogen) atoms. The van der Waals surface area contributed by atoms with Crippen LogP contribution in [0.25, 0.3) is 5.65 Å². The van der Waals surface area contributed by atoms with Crippen LogP contribution in [0.15, 0.2) is 29.0 Å². The van der Waals surface area contributed by atoms with Crippen LogP contribution >= 0.6 is 15.9 Å². The molecule has 6 nitrogen and oxygen atoms in total. The number of pyridine rings is 1. The van der Waals surface area contributed by atoms with Crippen molar-refractivity contribution in [3.8, 4) is 6.19 Å². The van der Waals surface area contributed by atoms with Crippen LogP contribution in [0.5, 0.6) is 0 Å². The molecule has 1 amide bonds. The van der Waals surface area contributed by atoms with Gasteiger partial charge in [0.25, 0.3) is 0 Å². The minimum Gasteiger partial charge on any atom is -0.310 e. The van der Waals surface area contributed by atoms with Gasteiger partial charge in [-0.3, -0.25) is 4.79 Å². The zero-order valence-corrected chi connectivity index (χ0v) is 12.2. The van der Waals surface area contributed by atoms with E-state index in [4.69, 9.17) is 5.26 Å². The quantitative estimate of drug-likeness (QED) is 0.851. The number of carbonyl (C=O) groups is 1. The highest BCUT2D eigenvalue weighted by Crippen LogP contribution is 2.19. The number of nitrogens with one attached hydrogen (secondary N) is 1. The molecule has 2 aromatic rings. The third kappa shape index (κ3) is 2.47. The first-order valence-electron chi connectivity index (χ1n) is 6.25. The number of likely N-dealkylation sites (tertiary alicyclic amines) is 1. The maximum absolute atomic E-state index is 12.1. The van der Waals surface area contributed by atoms with Crippen molar-refractivity contribution < 1.29 is 4.79 Å². The van der Waals surface area contributed by atoms with Gasteiger partial charge in [-0.1, -0.05) is 15.9 Å². The van der Waals surface area contributed by atoms with Gasteiger partial charge in [-0.25, -0.2) is 4.98 Å². The number of halogens is 1. The van der Waals surface area contributed by atoms with E-state index in [1.54, 1.807) is 11.1 Å². The molecule has 0 bridgehead atoms. The molecular formula is C13H12BrN5O. The largest absolute Gasteiger partial charge is 0.310 e. The van der Waals surface area contributed by atoms with Crippen LogP contribution in [-0.2, 0) is 4.79 Å². The Morgan fingerprint density at radius 1 is 1.60 bits per heavy atom. The van der Waals surface area contributed by atoms with Crippen LogP contribution in [0.3, 0.4) is 0 Å². The summed E-state index contributed by atoms with van der Waals surface area (Å²) in [5.41, 5.74) is 0.764. The molecule has 2 aromatic heterocycles. The summed E-state index contributed by atoms with van der Waals surface area (Å²) in [5.74, 6) is 0.305. The Morgan fingerprint density at radius 2 is 2.45 bits per heavy atom. The van der Waals surface area contributed by atoms with Crippen molar-refractivity contribution in [2.45, 2.75) is 6.42 Å². The lowest BCUT2D eigenvalue weighted by Gasteiger charge is -2.08. The molecule has 0 spiro atoms. The summed E-state index contributed by atoms with van der Waals surface area (Å²) >= 11 is 3.38. The molecule has 1 aliphatic heterocycles. The first-order chi connectivity index (χ1) is 9.65. The second-order valence-corrected chi connectivity index (χ2v) is 5.67. The van der Waals surface area contributed by atoms with Gasteiger partial charge in [0.15, 0.2) is 12.0 Å². The summed E-state index contributed by atoms with van der Waals surface area (Å²) in [6.45, 7) is 1.13. The summed E-state index contributed by atoms with van der Waals surface area (Å²) in [6, 6.07) is 3.78. The number of anilines is 1. The van der Waals surface area contributed by atoms with Crippen molar-refractivity contribution in [3.63, 3.8) is 0 Å². The molecule has 1 aliphatic rings. The van der Waals surface area contributed by atoms with Crippen LogP contribution in [0.4, 0.5) is 5.82 Å². The van der Waals surface area contributed by atoms with Crippen molar-refractivity contribution in [2.24, 2.45) is 5.92 Å². The van der Waals surface area contributed by atoms with Gasteiger partial charge in [0.05, 0.1) is 12.1 Å². The lowest BCUT2D eigenvalue weighted by Crippen LogP contribution is -2.25. The Kier molecular flexibility index (Phi) is 3.32. The van der Waals surface area contributed by atoms with Gasteiger partial charge in [-0.05, 0) is 18.6 Å². The van der Waals surface area contributed by atoms with Crippen LogP contribution in [-0.4, -0.2) is 33.3 Å². The maximum Gasteiger partial charge on any atom is 0.230 e. The smallest absolute Gasteiger partial charge is 0.230 e. The van der Waals surface area contributed by atoms with E-state index in [2.05, 4.69) is 32.4 Å². The third-order valence-corrected chi connectivity index (χ3v) is 3.87. The molecule has 0 radical (unpaired) electrons. The van der Waals surface area contributed by atoms with E-state index >= 15 is 0 Å². The van der Waals surface area contributed by atoms with Crippen molar-refractivity contribution >= 4 is 33.3 Å². The maximum atomic E-state index is 12.1. The molecule has 1 fully saturated rings. The predicted octanol–water partition coefficient (Wildman–Crippen LogP) is 1.84. The van der Waals surface area contributed by atoms with Crippen LogP contribution in [0.2, 0.25) is 0 Å². The Balaban J connectivity index is 1.73. The number of amides is 1. The Bertz CT molecular complexity index is 704. The molecule has 0 aliphatic carbocycles. The fourth-order valence-electron chi connectivity index (χ4n) is 2.31. The Hall–Kier alpha value is -2.07. The van der Waals surface area contributed by atoms with Gasteiger partial charge >= 0.3 is 0 Å². The number of aromatic nitrogens is 2. The van der Waals surface area contributed by atoms with Crippen molar-refractivity contribution in [1.29, 1.82) is 5.26 Å². The molecule has 102 valence electrons. The van der Waals surface area contributed by atoms with Gasteiger partial charge in [-0.15, -0.1) is 0 Å². The van der Waals surface area contributed by atoms with E-state index in [0.717, 1.165) is 10.1 Å². The third-order valence-electron chi connectivity index (χ3n) is 3.37. The highest BCUT2D eigenvalue weighted by atomic mass is 79.9. The molecule has 1 atom stereocenters. The molecule has 1 N–H and O–H groups in total. The number of fused-ring (bicyclic) bond motifs is 1. The van der Waals surface area contributed by atoms with Gasteiger partial charge in [0.1, 0.15) is 5.65 Å². The van der Waals surface area contributed by atoms with Gasteiger partial charge < -0.3 is 14.6 Å². The lowest BCUT2D eigenvalue weighted by molar-refractivity contribution is -0.119. The number of nitrogens with zero attached hydrogens (tertiary/aromatic N) is 4. The topological polar surface area (TPSA) is 73.4 Å². The van der Waals surface area contributed by atoms with E-state index in [-0.39, 0.29) is 11.8 Å². The van der Waals surface area contributed by atoms with E-state index in [9.17, 15) is 4.79 Å². The fraction of sp³-hybridized carbons (Fsp3) is 0.308. The first-order valence-corrected chi connectivity index (χ1v) is 7.05. The molecule has 3 rings (SSSR count). The number of imidazole rings is 1. The lowest BCUT2D eigenvalue weighted by atomic mass is 10.1. The first kappa shape index (κ1) is 12.9. The molecular weight excluding hydrogens is 322 g/mol. The van der Waals surface area contributed by atoms with E-state index in [1.165, 1.54) is 0 Å². The minimum absolute atomic E-state index is 0.0785. The van der Waals surface area contributed by atoms with E-state index < -0.39 is 0 Å². The highest BCUT2D eigenvalue weighted by molar-refractivity contribution is 9.10. The van der Waals surface area contributed by atoms with Gasteiger partial charge in [-0.2, -0.15) is 5.26 Å². The summed E-state index contributed by atoms with van der Waals surface area (Å²) in [6.07, 6.45) is 6.42. The Labute approximate surface area is 124 Å². The minimum atomic E-state index is -0.147. The molecule has 0 saturated carbocycles. The summed E-state index contributed by atoms with van der Waals surface area (Å²) in [4.78, 5) is 18.1. The van der Waals surface area contributed by atoms with Crippen molar-refractivity contribution in [1.82, 2.24) is 14.3 Å². The van der Waals surface area contributed by atoms with Crippen LogP contribution < -0.4 is 5.32 Å². The van der Waals surface area contributed by atoms with Gasteiger partial charge in [0, 0.05) is 23.8 Å². The number of rotatable bonds is 2. The second-order valence-electron chi connectivity index (χ2n) is 4.76. The molecule has 7 heteroatoms. The number of carbonyl (C=O) groups excluding carboxylic acids is 1. The van der Waals surface area contributed by atoms with E-state index in [1.807, 2.05) is 22.7 Å². The van der Waals surface area contributed by atoms with Crippen LogP contribution in [0, 0.1) is 17.4 Å². The number of nitriles is 1. The van der Waals surface area contributed by atoms with E-state index in [0.29, 0.717) is 25.3 Å². The zero-order chi connectivity index (χ0) is 14.1. The standard InChI is InChI=1S/C13H12BrN5O/c14-10-2-4-19-7-11(16-12(19)5-10)17-13(20)9-1-3-18(6-9)8-15/h2,4-5,7,9H,1,3,6H2,(H,17,20). The summed E-state index contributed by atoms with van der Waals surface area (Å²) in [7, 11) is 0. The van der Waals surface area contributed by atoms with Crippen LogP contribution in [0.1, 0.15) is 6.42 Å². The summed E-state index contributed by atoms with van der Waals surface area (Å²) in [5, 5.41) is 11.6. The molecule has 1 unspecified atom stereocenters. The summed E-state index contributed by atoms with van der Waals surface area (Å²) < 4.78 is 2.78. The SMILES string of the molecule is N#CN1CCC(C(=O)Nc2cn3ccc(Br)cc3n2)C1. The predicted molar refractivity (Wildman–Crippen MR) is 76.8 cm³/mol. The average Bonchev–Trinajstić information content (AvgIpc) is 3.03.